The minimum Gasteiger partial charge on any atom is -0.337 e. The van der Waals surface area contributed by atoms with Crippen molar-refractivity contribution in [1.29, 1.82) is 0 Å². The summed E-state index contributed by atoms with van der Waals surface area (Å²) < 4.78 is 15.6. The zero-order valence-corrected chi connectivity index (χ0v) is 14.2. The van der Waals surface area contributed by atoms with E-state index in [9.17, 15) is 9.18 Å². The average Bonchev–Trinajstić information content (AvgIpc) is 2.96. The highest BCUT2D eigenvalue weighted by Gasteiger charge is 2.28. The normalized spacial score (nSPS) is 18.0. The number of imidazole rings is 1. The number of para-hydroxylation sites is 1. The predicted octanol–water partition coefficient (Wildman–Crippen LogP) is 1.57. The van der Waals surface area contributed by atoms with E-state index in [0.717, 1.165) is 25.5 Å². The van der Waals surface area contributed by atoms with Crippen LogP contribution in [0, 0.1) is 5.82 Å². The lowest BCUT2D eigenvalue weighted by molar-refractivity contribution is -0.118. The molecule has 0 saturated carbocycles. The third-order valence-corrected chi connectivity index (χ3v) is 4.01. The van der Waals surface area contributed by atoms with Crippen molar-refractivity contribution in [3.63, 3.8) is 0 Å². The number of benzene rings is 1. The van der Waals surface area contributed by atoms with Crippen LogP contribution in [0.3, 0.4) is 0 Å². The van der Waals surface area contributed by atoms with Crippen LogP contribution in [0.25, 0.3) is 0 Å². The van der Waals surface area contributed by atoms with Gasteiger partial charge in [0, 0.05) is 39.1 Å². The first kappa shape index (κ1) is 18.4. The van der Waals surface area contributed by atoms with E-state index in [1.54, 1.807) is 24.4 Å². The molecule has 1 aromatic heterocycles. The standard InChI is InChI=1S/C16H20FN5O.ClH/c1-21-8-7-19-16(21)14-10-18-6-9-22(14)11-15(23)20-13-5-3-2-4-12(13)17;/h2-5,7-8,14,18H,6,9-11H2,1H3,(H,20,23);1H. The van der Waals surface area contributed by atoms with Gasteiger partial charge in [0.25, 0.3) is 0 Å². The van der Waals surface area contributed by atoms with Crippen molar-refractivity contribution in [2.24, 2.45) is 7.05 Å². The summed E-state index contributed by atoms with van der Waals surface area (Å²) in [5.41, 5.74) is 0.209. The van der Waals surface area contributed by atoms with Gasteiger partial charge in [-0.2, -0.15) is 0 Å². The van der Waals surface area contributed by atoms with Crippen molar-refractivity contribution in [3.8, 4) is 0 Å². The Morgan fingerprint density at radius 2 is 2.25 bits per heavy atom. The maximum atomic E-state index is 13.6. The summed E-state index contributed by atoms with van der Waals surface area (Å²) in [5.74, 6) is 0.258. The van der Waals surface area contributed by atoms with Crippen LogP contribution in [0.2, 0.25) is 0 Å². The molecule has 8 heteroatoms. The molecule has 1 unspecified atom stereocenters. The molecule has 0 aliphatic carbocycles. The van der Waals surface area contributed by atoms with Gasteiger partial charge in [-0.25, -0.2) is 9.37 Å². The van der Waals surface area contributed by atoms with Gasteiger partial charge in [0.05, 0.1) is 18.3 Å². The van der Waals surface area contributed by atoms with Crippen LogP contribution in [-0.4, -0.2) is 46.5 Å². The van der Waals surface area contributed by atoms with E-state index < -0.39 is 5.82 Å². The van der Waals surface area contributed by atoms with Crippen LogP contribution in [-0.2, 0) is 11.8 Å². The molecular formula is C16H21ClFN5O. The molecular weight excluding hydrogens is 333 g/mol. The molecule has 24 heavy (non-hydrogen) atoms. The Kier molecular flexibility index (Phi) is 6.30. The molecule has 1 aliphatic rings. The van der Waals surface area contributed by atoms with E-state index in [1.807, 2.05) is 17.8 Å². The van der Waals surface area contributed by atoms with Crippen molar-refractivity contribution in [2.75, 3.05) is 31.5 Å². The van der Waals surface area contributed by atoms with E-state index in [-0.39, 0.29) is 36.6 Å². The summed E-state index contributed by atoms with van der Waals surface area (Å²) >= 11 is 0. The second-order valence-electron chi connectivity index (χ2n) is 5.61. The number of halogens is 2. The van der Waals surface area contributed by atoms with Crippen molar-refractivity contribution < 1.29 is 9.18 Å². The quantitative estimate of drug-likeness (QED) is 0.875. The minimum atomic E-state index is -0.429. The first-order chi connectivity index (χ1) is 11.1. The van der Waals surface area contributed by atoms with Gasteiger partial charge < -0.3 is 15.2 Å². The van der Waals surface area contributed by atoms with E-state index in [0.29, 0.717) is 0 Å². The number of amides is 1. The molecule has 130 valence electrons. The SMILES string of the molecule is Cl.Cn1ccnc1C1CNCCN1CC(=O)Nc1ccccc1F. The molecule has 2 N–H and O–H groups in total. The van der Waals surface area contributed by atoms with Crippen LogP contribution >= 0.6 is 12.4 Å². The Labute approximate surface area is 146 Å². The van der Waals surface area contributed by atoms with E-state index in [4.69, 9.17) is 0 Å². The highest BCUT2D eigenvalue weighted by atomic mass is 35.5. The number of aromatic nitrogens is 2. The second-order valence-corrected chi connectivity index (χ2v) is 5.61. The number of carbonyl (C=O) groups is 1. The Balaban J connectivity index is 0.00000208. The van der Waals surface area contributed by atoms with Gasteiger partial charge in [-0.05, 0) is 12.1 Å². The maximum Gasteiger partial charge on any atom is 0.238 e. The molecule has 0 bridgehead atoms. The largest absolute Gasteiger partial charge is 0.337 e. The van der Waals surface area contributed by atoms with Gasteiger partial charge in [-0.1, -0.05) is 12.1 Å². The fraction of sp³-hybridized carbons (Fsp3) is 0.375. The highest BCUT2D eigenvalue weighted by Crippen LogP contribution is 2.20. The Morgan fingerprint density at radius 1 is 1.46 bits per heavy atom. The third-order valence-electron chi connectivity index (χ3n) is 4.01. The van der Waals surface area contributed by atoms with Crippen molar-refractivity contribution >= 4 is 24.0 Å². The monoisotopic (exact) mass is 353 g/mol. The predicted molar refractivity (Wildman–Crippen MR) is 92.7 cm³/mol. The van der Waals surface area contributed by atoms with Crippen LogP contribution in [0.4, 0.5) is 10.1 Å². The summed E-state index contributed by atoms with van der Waals surface area (Å²) in [7, 11) is 1.94. The van der Waals surface area contributed by atoms with Crippen LogP contribution in [0.15, 0.2) is 36.7 Å². The molecule has 6 nitrogen and oxygen atoms in total. The fourth-order valence-electron chi connectivity index (χ4n) is 2.83. The number of hydrogen-bond acceptors (Lipinski definition) is 4. The van der Waals surface area contributed by atoms with Crippen LogP contribution in [0.1, 0.15) is 11.9 Å². The number of hydrogen-bond donors (Lipinski definition) is 2. The second kappa shape index (κ2) is 8.23. The molecule has 2 heterocycles. The zero-order chi connectivity index (χ0) is 16.2. The lowest BCUT2D eigenvalue weighted by Crippen LogP contribution is -2.49. The zero-order valence-electron chi connectivity index (χ0n) is 13.4. The highest BCUT2D eigenvalue weighted by molar-refractivity contribution is 5.92. The average molecular weight is 354 g/mol. The van der Waals surface area contributed by atoms with E-state index >= 15 is 0 Å². The lowest BCUT2D eigenvalue weighted by Gasteiger charge is -2.35. The maximum absolute atomic E-state index is 13.6. The van der Waals surface area contributed by atoms with Crippen molar-refractivity contribution in [1.82, 2.24) is 19.8 Å². The summed E-state index contributed by atoms with van der Waals surface area (Å²) in [6, 6.07) is 6.20. The topological polar surface area (TPSA) is 62.2 Å². The number of aryl methyl sites for hydroxylation is 1. The minimum absolute atomic E-state index is 0. The first-order valence-corrected chi connectivity index (χ1v) is 7.61. The van der Waals surface area contributed by atoms with Gasteiger partial charge in [0.2, 0.25) is 5.91 Å². The molecule has 1 atom stereocenters. The molecule has 0 radical (unpaired) electrons. The molecule has 1 saturated heterocycles. The summed E-state index contributed by atoms with van der Waals surface area (Å²) in [5, 5.41) is 5.96. The van der Waals surface area contributed by atoms with Gasteiger partial charge in [0.1, 0.15) is 11.6 Å². The smallest absolute Gasteiger partial charge is 0.238 e. The van der Waals surface area contributed by atoms with E-state index in [1.165, 1.54) is 6.07 Å². The van der Waals surface area contributed by atoms with Crippen molar-refractivity contribution in [2.45, 2.75) is 6.04 Å². The molecule has 3 rings (SSSR count). The number of nitrogens with one attached hydrogen (secondary N) is 2. The van der Waals surface area contributed by atoms with Crippen LogP contribution in [0.5, 0.6) is 0 Å². The summed E-state index contributed by atoms with van der Waals surface area (Å²) in [6.45, 7) is 2.49. The number of anilines is 1. The fourth-order valence-corrected chi connectivity index (χ4v) is 2.83. The molecule has 1 fully saturated rings. The molecule has 1 amide bonds. The Bertz CT molecular complexity index is 693. The summed E-state index contributed by atoms with van der Waals surface area (Å²) in [4.78, 5) is 18.7. The van der Waals surface area contributed by atoms with E-state index in [2.05, 4.69) is 20.5 Å². The molecule has 1 aliphatic heterocycles. The number of nitrogens with zero attached hydrogens (tertiary/aromatic N) is 3. The van der Waals surface area contributed by atoms with Crippen molar-refractivity contribution in [3.05, 3.63) is 48.3 Å². The summed E-state index contributed by atoms with van der Waals surface area (Å²) in [6.07, 6.45) is 3.64. The van der Waals surface area contributed by atoms with Gasteiger partial charge in [-0.3, -0.25) is 9.69 Å². The molecule has 0 spiro atoms. The number of rotatable bonds is 4. The Morgan fingerprint density at radius 3 is 2.96 bits per heavy atom. The molecule has 2 aromatic rings. The molecule has 1 aromatic carbocycles. The third kappa shape index (κ3) is 4.11. The van der Waals surface area contributed by atoms with Gasteiger partial charge in [-0.15, -0.1) is 12.4 Å². The van der Waals surface area contributed by atoms with Crippen LogP contribution < -0.4 is 10.6 Å². The number of carbonyl (C=O) groups excluding carboxylic acids is 1. The number of piperazine rings is 1. The Hall–Kier alpha value is -1.96. The lowest BCUT2D eigenvalue weighted by atomic mass is 10.1. The first-order valence-electron chi connectivity index (χ1n) is 7.61. The van der Waals surface area contributed by atoms with Gasteiger partial charge in [0.15, 0.2) is 0 Å². The van der Waals surface area contributed by atoms with Gasteiger partial charge >= 0.3 is 0 Å².